The molecule has 0 aliphatic carbocycles. The molecule has 28 heavy (non-hydrogen) atoms. The molecule has 2 aliphatic heterocycles. The summed E-state index contributed by atoms with van der Waals surface area (Å²) in [4.78, 5) is 21.7. The van der Waals surface area contributed by atoms with Crippen molar-refractivity contribution in [1.82, 2.24) is 14.8 Å². The molecule has 2 saturated heterocycles. The third-order valence-electron chi connectivity index (χ3n) is 6.02. The first-order valence-electron chi connectivity index (χ1n) is 10.5. The zero-order valence-corrected chi connectivity index (χ0v) is 16.4. The minimum Gasteiger partial charge on any atom is -0.446 e. The molecule has 2 fully saturated rings. The van der Waals surface area contributed by atoms with E-state index in [1.807, 2.05) is 35.2 Å². The van der Waals surface area contributed by atoms with E-state index in [4.69, 9.17) is 10.2 Å². The highest BCUT2D eigenvalue weighted by molar-refractivity contribution is 5.92. The predicted molar refractivity (Wildman–Crippen MR) is 108 cm³/mol. The SMILES string of the molecule is NC(Cc1ccccc1)c1nc(C(=O)N2CCC(N3CCCCC3)CC2)co1. The van der Waals surface area contributed by atoms with Crippen LogP contribution in [0.3, 0.4) is 0 Å². The minimum absolute atomic E-state index is 0.0426. The zero-order chi connectivity index (χ0) is 19.3. The van der Waals surface area contributed by atoms with Crippen molar-refractivity contribution in [3.05, 3.63) is 53.7 Å². The van der Waals surface area contributed by atoms with Crippen LogP contribution in [0.2, 0.25) is 0 Å². The molecular formula is C22H30N4O2. The number of benzene rings is 1. The van der Waals surface area contributed by atoms with E-state index in [1.54, 1.807) is 0 Å². The van der Waals surface area contributed by atoms with Gasteiger partial charge in [-0.2, -0.15) is 0 Å². The first-order valence-corrected chi connectivity index (χ1v) is 10.5. The van der Waals surface area contributed by atoms with Crippen molar-refractivity contribution in [2.24, 2.45) is 5.73 Å². The van der Waals surface area contributed by atoms with Crippen molar-refractivity contribution in [3.8, 4) is 0 Å². The van der Waals surface area contributed by atoms with Gasteiger partial charge in [-0.25, -0.2) is 4.98 Å². The summed E-state index contributed by atoms with van der Waals surface area (Å²) in [6.07, 6.45) is 8.16. The largest absolute Gasteiger partial charge is 0.446 e. The number of likely N-dealkylation sites (tertiary alicyclic amines) is 2. The van der Waals surface area contributed by atoms with E-state index in [0.29, 0.717) is 24.0 Å². The summed E-state index contributed by atoms with van der Waals surface area (Å²) in [5.41, 5.74) is 7.73. The average molecular weight is 383 g/mol. The van der Waals surface area contributed by atoms with Crippen LogP contribution in [0.1, 0.15) is 60.1 Å². The number of oxazole rings is 1. The molecule has 2 aromatic rings. The van der Waals surface area contributed by atoms with Gasteiger partial charge in [0, 0.05) is 19.1 Å². The summed E-state index contributed by atoms with van der Waals surface area (Å²) in [5.74, 6) is 0.384. The molecule has 1 unspecified atom stereocenters. The number of carbonyl (C=O) groups is 1. The van der Waals surface area contributed by atoms with E-state index in [0.717, 1.165) is 31.5 Å². The summed E-state index contributed by atoms with van der Waals surface area (Å²) in [7, 11) is 0. The van der Waals surface area contributed by atoms with E-state index in [9.17, 15) is 4.79 Å². The van der Waals surface area contributed by atoms with Gasteiger partial charge in [0.05, 0.1) is 6.04 Å². The smallest absolute Gasteiger partial charge is 0.275 e. The van der Waals surface area contributed by atoms with Crippen LogP contribution >= 0.6 is 0 Å². The van der Waals surface area contributed by atoms with Crippen LogP contribution < -0.4 is 5.73 Å². The van der Waals surface area contributed by atoms with E-state index in [2.05, 4.69) is 9.88 Å². The molecule has 4 rings (SSSR count). The Hall–Kier alpha value is -2.18. The molecule has 0 saturated carbocycles. The second-order valence-electron chi connectivity index (χ2n) is 7.99. The Labute approximate surface area is 166 Å². The van der Waals surface area contributed by atoms with Crippen LogP contribution in [0.25, 0.3) is 0 Å². The number of piperidine rings is 2. The summed E-state index contributed by atoms with van der Waals surface area (Å²) in [5, 5.41) is 0. The standard InChI is InChI=1S/C22H30N4O2/c23-19(15-17-7-3-1-4-8-17)21-24-20(16-28-21)22(27)26-13-9-18(10-14-26)25-11-5-2-6-12-25/h1,3-4,7-8,16,18-19H,2,5-6,9-15,23H2. The summed E-state index contributed by atoms with van der Waals surface area (Å²) in [6, 6.07) is 10.3. The van der Waals surface area contributed by atoms with Gasteiger partial charge in [-0.15, -0.1) is 0 Å². The van der Waals surface area contributed by atoms with Gasteiger partial charge in [-0.3, -0.25) is 4.79 Å². The fraction of sp³-hybridized carbons (Fsp3) is 0.545. The molecule has 1 amide bonds. The van der Waals surface area contributed by atoms with E-state index in [1.165, 1.54) is 38.6 Å². The molecule has 0 bridgehead atoms. The number of aromatic nitrogens is 1. The normalized spacial score (nSPS) is 20.2. The average Bonchev–Trinajstić information content (AvgIpc) is 3.25. The molecule has 3 heterocycles. The maximum absolute atomic E-state index is 12.8. The highest BCUT2D eigenvalue weighted by Crippen LogP contribution is 2.22. The number of nitrogens with two attached hydrogens (primary N) is 1. The molecule has 0 radical (unpaired) electrons. The lowest BCUT2D eigenvalue weighted by atomic mass is 10.00. The third-order valence-corrected chi connectivity index (χ3v) is 6.02. The van der Waals surface area contributed by atoms with Crippen molar-refractivity contribution in [3.63, 3.8) is 0 Å². The van der Waals surface area contributed by atoms with Gasteiger partial charge in [0.2, 0.25) is 5.89 Å². The van der Waals surface area contributed by atoms with Gasteiger partial charge in [0.1, 0.15) is 6.26 Å². The van der Waals surface area contributed by atoms with Gasteiger partial charge in [0.25, 0.3) is 5.91 Å². The molecule has 2 aliphatic rings. The van der Waals surface area contributed by atoms with E-state index >= 15 is 0 Å². The molecule has 1 aromatic carbocycles. The van der Waals surface area contributed by atoms with Crippen LogP contribution in [0.15, 0.2) is 41.0 Å². The van der Waals surface area contributed by atoms with Crippen molar-refractivity contribution in [1.29, 1.82) is 0 Å². The first kappa shape index (κ1) is 19.2. The Morgan fingerprint density at radius 2 is 1.82 bits per heavy atom. The van der Waals surface area contributed by atoms with Gasteiger partial charge in [-0.1, -0.05) is 36.8 Å². The lowest BCUT2D eigenvalue weighted by Crippen LogP contribution is -2.48. The Morgan fingerprint density at radius 3 is 2.54 bits per heavy atom. The molecule has 1 aromatic heterocycles. The van der Waals surface area contributed by atoms with Crippen molar-refractivity contribution < 1.29 is 9.21 Å². The van der Waals surface area contributed by atoms with E-state index < -0.39 is 0 Å². The number of carbonyl (C=O) groups excluding carboxylic acids is 1. The summed E-state index contributed by atoms with van der Waals surface area (Å²) < 4.78 is 5.54. The molecule has 0 spiro atoms. The van der Waals surface area contributed by atoms with Crippen LogP contribution in [0.5, 0.6) is 0 Å². The monoisotopic (exact) mass is 382 g/mol. The van der Waals surface area contributed by atoms with Gasteiger partial charge >= 0.3 is 0 Å². The topological polar surface area (TPSA) is 75.6 Å². The molecule has 6 nitrogen and oxygen atoms in total. The fourth-order valence-corrected chi connectivity index (χ4v) is 4.39. The lowest BCUT2D eigenvalue weighted by Gasteiger charge is -2.40. The second kappa shape index (κ2) is 8.88. The molecule has 2 N–H and O–H groups in total. The number of amides is 1. The van der Waals surface area contributed by atoms with Crippen LogP contribution in [0, 0.1) is 0 Å². The Balaban J connectivity index is 1.32. The lowest BCUT2D eigenvalue weighted by molar-refractivity contribution is 0.0584. The van der Waals surface area contributed by atoms with Crippen molar-refractivity contribution in [2.45, 2.75) is 50.6 Å². The Kier molecular flexibility index (Phi) is 6.07. The quantitative estimate of drug-likeness (QED) is 0.860. The number of hydrogen-bond donors (Lipinski definition) is 1. The van der Waals surface area contributed by atoms with Crippen molar-refractivity contribution in [2.75, 3.05) is 26.2 Å². The number of hydrogen-bond acceptors (Lipinski definition) is 5. The zero-order valence-electron chi connectivity index (χ0n) is 16.4. The third kappa shape index (κ3) is 4.45. The molecule has 1 atom stereocenters. The maximum atomic E-state index is 12.8. The summed E-state index contributed by atoms with van der Waals surface area (Å²) in [6.45, 7) is 4.01. The Bertz CT molecular complexity index is 762. The number of nitrogens with zero attached hydrogens (tertiary/aromatic N) is 3. The first-order chi connectivity index (χ1) is 13.7. The van der Waals surface area contributed by atoms with E-state index in [-0.39, 0.29) is 11.9 Å². The summed E-state index contributed by atoms with van der Waals surface area (Å²) >= 11 is 0. The predicted octanol–water partition coefficient (Wildman–Crippen LogP) is 3.01. The fourth-order valence-electron chi connectivity index (χ4n) is 4.39. The number of rotatable bonds is 5. The van der Waals surface area contributed by atoms with Crippen LogP contribution in [0.4, 0.5) is 0 Å². The second-order valence-corrected chi connectivity index (χ2v) is 7.99. The highest BCUT2D eigenvalue weighted by Gasteiger charge is 2.29. The van der Waals surface area contributed by atoms with Gasteiger partial charge in [0.15, 0.2) is 5.69 Å². The highest BCUT2D eigenvalue weighted by atomic mass is 16.3. The Morgan fingerprint density at radius 1 is 1.11 bits per heavy atom. The van der Waals surface area contributed by atoms with Gasteiger partial charge in [-0.05, 0) is 50.8 Å². The molecule has 150 valence electrons. The van der Waals surface area contributed by atoms with Gasteiger partial charge < -0.3 is 20.0 Å². The van der Waals surface area contributed by atoms with Crippen LogP contribution in [-0.2, 0) is 6.42 Å². The maximum Gasteiger partial charge on any atom is 0.275 e. The van der Waals surface area contributed by atoms with Crippen LogP contribution in [-0.4, -0.2) is 52.9 Å². The molecule has 6 heteroatoms. The minimum atomic E-state index is -0.353. The molecular weight excluding hydrogens is 352 g/mol. The van der Waals surface area contributed by atoms with Crippen molar-refractivity contribution >= 4 is 5.91 Å².